The minimum Gasteiger partial charge on any atom is -0.310 e. The van der Waals surface area contributed by atoms with E-state index in [2.05, 4.69) is 9.97 Å². The zero-order chi connectivity index (χ0) is 11.1. The molecule has 3 nitrogen and oxygen atoms in total. The lowest BCUT2D eigenvalue weighted by Crippen LogP contribution is -2.10. The summed E-state index contributed by atoms with van der Waals surface area (Å²) < 4.78 is 0. The molecular weight excluding hydrogens is 220 g/mol. The van der Waals surface area contributed by atoms with E-state index in [1.807, 2.05) is 13.0 Å². The van der Waals surface area contributed by atoms with Crippen LogP contribution >= 0.6 is 11.3 Å². The van der Waals surface area contributed by atoms with Crippen molar-refractivity contribution in [3.05, 3.63) is 27.1 Å². The molecule has 0 spiro atoms. The van der Waals surface area contributed by atoms with E-state index in [-0.39, 0.29) is 5.56 Å². The maximum Gasteiger partial charge on any atom is 0.259 e. The van der Waals surface area contributed by atoms with Crippen LogP contribution in [-0.4, -0.2) is 9.97 Å². The fourth-order valence-electron chi connectivity index (χ4n) is 1.96. The molecule has 1 aliphatic carbocycles. The lowest BCUT2D eigenvalue weighted by Gasteiger charge is -1.99. The van der Waals surface area contributed by atoms with Gasteiger partial charge in [0, 0.05) is 11.3 Å². The van der Waals surface area contributed by atoms with E-state index in [9.17, 15) is 4.79 Å². The van der Waals surface area contributed by atoms with Crippen LogP contribution in [0.15, 0.2) is 10.9 Å². The first kappa shape index (κ1) is 10.0. The number of fused-ring (bicyclic) bond motifs is 1. The van der Waals surface area contributed by atoms with Crippen molar-refractivity contribution in [3.63, 3.8) is 0 Å². The van der Waals surface area contributed by atoms with Crippen LogP contribution in [0.25, 0.3) is 10.2 Å². The number of hydrogen-bond acceptors (Lipinski definition) is 3. The average Bonchev–Trinajstić information content (AvgIpc) is 2.98. The first-order valence-corrected chi connectivity index (χ1v) is 6.53. The fourth-order valence-corrected chi connectivity index (χ4v) is 2.86. The number of thiophene rings is 1. The van der Waals surface area contributed by atoms with E-state index < -0.39 is 0 Å². The molecule has 0 unspecified atom stereocenters. The second-order valence-corrected chi connectivity index (χ2v) is 5.81. The summed E-state index contributed by atoms with van der Waals surface area (Å²) >= 11 is 1.60. The number of aromatic nitrogens is 2. The van der Waals surface area contributed by atoms with Gasteiger partial charge in [0.15, 0.2) is 0 Å². The largest absolute Gasteiger partial charge is 0.310 e. The molecule has 0 radical (unpaired) electrons. The normalized spacial score (nSPS) is 15.8. The van der Waals surface area contributed by atoms with Crippen molar-refractivity contribution in [1.82, 2.24) is 9.97 Å². The van der Waals surface area contributed by atoms with Gasteiger partial charge in [-0.25, -0.2) is 4.98 Å². The van der Waals surface area contributed by atoms with Gasteiger partial charge >= 0.3 is 0 Å². The summed E-state index contributed by atoms with van der Waals surface area (Å²) in [5.74, 6) is 1.73. The summed E-state index contributed by atoms with van der Waals surface area (Å²) in [4.78, 5) is 21.2. The predicted octanol–water partition coefficient (Wildman–Crippen LogP) is 2.64. The van der Waals surface area contributed by atoms with Crippen molar-refractivity contribution < 1.29 is 0 Å². The summed E-state index contributed by atoms with van der Waals surface area (Å²) in [5.41, 5.74) is 0.0140. The number of aromatic amines is 1. The lowest BCUT2D eigenvalue weighted by molar-refractivity contribution is 0.698. The summed E-state index contributed by atoms with van der Waals surface area (Å²) in [7, 11) is 0. The fraction of sp³-hybridized carbons (Fsp3) is 0.500. The molecule has 1 N–H and O–H groups in total. The lowest BCUT2D eigenvalue weighted by atomic mass is 10.2. The van der Waals surface area contributed by atoms with Crippen LogP contribution in [0.1, 0.15) is 30.0 Å². The molecule has 0 atom stereocenters. The van der Waals surface area contributed by atoms with Gasteiger partial charge in [-0.3, -0.25) is 4.79 Å². The van der Waals surface area contributed by atoms with Gasteiger partial charge in [0.1, 0.15) is 10.7 Å². The van der Waals surface area contributed by atoms with Crippen LogP contribution in [0.3, 0.4) is 0 Å². The Morgan fingerprint density at radius 2 is 2.38 bits per heavy atom. The molecule has 84 valence electrons. The summed E-state index contributed by atoms with van der Waals surface area (Å²) in [6.07, 6.45) is 4.78. The molecule has 2 heterocycles. The van der Waals surface area contributed by atoms with Gasteiger partial charge in [0.2, 0.25) is 0 Å². The minimum absolute atomic E-state index is 0.0140. The maximum absolute atomic E-state index is 11.8. The van der Waals surface area contributed by atoms with Crippen LogP contribution in [0.5, 0.6) is 0 Å². The van der Waals surface area contributed by atoms with E-state index in [1.165, 1.54) is 19.3 Å². The van der Waals surface area contributed by atoms with Crippen LogP contribution in [0.2, 0.25) is 0 Å². The number of aryl methyl sites for hydroxylation is 2. The Hall–Kier alpha value is -1.16. The molecular formula is C12H14N2OS. The number of hydrogen-bond donors (Lipinski definition) is 1. The second kappa shape index (κ2) is 3.70. The molecule has 2 aromatic rings. The molecule has 16 heavy (non-hydrogen) atoms. The Balaban J connectivity index is 1.95. The van der Waals surface area contributed by atoms with E-state index in [4.69, 9.17) is 0 Å². The minimum atomic E-state index is 0.0140. The van der Waals surface area contributed by atoms with E-state index in [1.54, 1.807) is 11.3 Å². The quantitative estimate of drug-likeness (QED) is 0.887. The zero-order valence-electron chi connectivity index (χ0n) is 9.25. The number of rotatable bonds is 3. The van der Waals surface area contributed by atoms with Gasteiger partial charge in [0.05, 0.1) is 5.39 Å². The van der Waals surface area contributed by atoms with Crippen LogP contribution < -0.4 is 5.56 Å². The number of nitrogens with one attached hydrogen (secondary N) is 1. The molecule has 1 fully saturated rings. The molecule has 0 aliphatic heterocycles. The van der Waals surface area contributed by atoms with Crippen molar-refractivity contribution in [2.75, 3.05) is 0 Å². The van der Waals surface area contributed by atoms with Gasteiger partial charge in [-0.05, 0) is 25.3 Å². The van der Waals surface area contributed by atoms with E-state index >= 15 is 0 Å². The Morgan fingerprint density at radius 3 is 3.12 bits per heavy atom. The van der Waals surface area contributed by atoms with Gasteiger partial charge in [-0.2, -0.15) is 0 Å². The third-order valence-corrected chi connectivity index (χ3v) is 4.01. The van der Waals surface area contributed by atoms with Crippen molar-refractivity contribution in [1.29, 1.82) is 0 Å². The Kier molecular flexibility index (Phi) is 2.32. The average molecular weight is 234 g/mol. The van der Waals surface area contributed by atoms with Crippen LogP contribution in [-0.2, 0) is 6.42 Å². The van der Waals surface area contributed by atoms with E-state index in [0.717, 1.165) is 33.3 Å². The molecule has 2 aromatic heterocycles. The smallest absolute Gasteiger partial charge is 0.259 e. The first-order valence-electron chi connectivity index (χ1n) is 5.72. The third kappa shape index (κ3) is 1.89. The van der Waals surface area contributed by atoms with Gasteiger partial charge < -0.3 is 4.98 Å². The van der Waals surface area contributed by atoms with Crippen molar-refractivity contribution >= 4 is 21.6 Å². The standard InChI is InChI=1S/C12H14N2OS/c1-7-6-9-11(15)13-10(14-12(9)16-7)5-4-8-2-3-8/h6,8H,2-5H2,1H3,(H,13,14,15). The molecule has 1 saturated carbocycles. The SMILES string of the molecule is Cc1cc2c(=O)[nH]c(CCC3CC3)nc2s1. The molecule has 3 rings (SSSR count). The van der Waals surface area contributed by atoms with Crippen molar-refractivity contribution in [2.45, 2.75) is 32.6 Å². The molecule has 0 bridgehead atoms. The Bertz CT molecular complexity index is 580. The molecule has 4 heteroatoms. The molecule has 0 amide bonds. The summed E-state index contributed by atoms with van der Waals surface area (Å²) in [5, 5.41) is 0.734. The highest BCUT2D eigenvalue weighted by atomic mass is 32.1. The van der Waals surface area contributed by atoms with E-state index in [0.29, 0.717) is 0 Å². The monoisotopic (exact) mass is 234 g/mol. The first-order chi connectivity index (χ1) is 7.72. The van der Waals surface area contributed by atoms with Crippen molar-refractivity contribution in [3.8, 4) is 0 Å². The highest BCUT2D eigenvalue weighted by Crippen LogP contribution is 2.33. The van der Waals surface area contributed by atoms with Gasteiger partial charge in [0.25, 0.3) is 5.56 Å². The maximum atomic E-state index is 11.8. The van der Waals surface area contributed by atoms with Crippen LogP contribution in [0, 0.1) is 12.8 Å². The Morgan fingerprint density at radius 1 is 1.56 bits per heavy atom. The van der Waals surface area contributed by atoms with Crippen molar-refractivity contribution in [2.24, 2.45) is 5.92 Å². The van der Waals surface area contributed by atoms with Crippen LogP contribution in [0.4, 0.5) is 0 Å². The summed E-state index contributed by atoms with van der Waals surface area (Å²) in [6.45, 7) is 2.01. The highest BCUT2D eigenvalue weighted by molar-refractivity contribution is 7.18. The molecule has 0 aromatic carbocycles. The molecule has 0 saturated heterocycles. The summed E-state index contributed by atoms with van der Waals surface area (Å²) in [6, 6.07) is 1.91. The number of nitrogens with zero attached hydrogens (tertiary/aromatic N) is 1. The molecule has 1 aliphatic rings. The topological polar surface area (TPSA) is 45.8 Å². The third-order valence-electron chi connectivity index (χ3n) is 3.06. The number of H-pyrrole nitrogens is 1. The predicted molar refractivity (Wildman–Crippen MR) is 66.0 cm³/mol. The Labute approximate surface area is 97.5 Å². The zero-order valence-corrected chi connectivity index (χ0v) is 10.1. The highest BCUT2D eigenvalue weighted by Gasteiger charge is 2.21. The van der Waals surface area contributed by atoms with Gasteiger partial charge in [-0.1, -0.05) is 12.8 Å². The second-order valence-electron chi connectivity index (χ2n) is 4.57. The van der Waals surface area contributed by atoms with Gasteiger partial charge in [-0.15, -0.1) is 11.3 Å².